The number of carbonyl (C=O) groups excluding carboxylic acids is 2. The minimum atomic E-state index is -0.434. The van der Waals surface area contributed by atoms with Gasteiger partial charge >= 0.3 is 0 Å². The summed E-state index contributed by atoms with van der Waals surface area (Å²) in [4.78, 5) is 24.7. The lowest BCUT2D eigenvalue weighted by molar-refractivity contribution is -0.123. The molecule has 2 amide bonds. The number of ether oxygens (including phenoxy) is 3. The highest BCUT2D eigenvalue weighted by Crippen LogP contribution is 2.60. The molecular formula is C34H36ClN3O5. The average Bonchev–Trinajstić information content (AvgIpc) is 2.99. The maximum absolute atomic E-state index is 12.7. The summed E-state index contributed by atoms with van der Waals surface area (Å²) in [6, 6.07) is 20.5. The molecule has 0 aliphatic heterocycles. The standard InChI is InChI=1S/C34H36ClN3O5/c1-41-31-15-22(19-36-38-33(40)21-42-29-5-3-2-4-28(29)35)6-11-30(31)43-20-32(39)37-27-9-7-26(8-10-27)34-16-23-12-24(17-34)14-25(13-23)18-34/h2-11,15,19,23-25H,12-14,16-18,20-21H2,1H3,(H,37,39)(H,38,40)/b36-19+. The SMILES string of the molecule is COc1cc(/C=N/NC(=O)COc2ccccc2Cl)ccc1OCC(=O)Nc1ccc(C23CC4CC(CC(C4)C2)C3)cc1. The number of para-hydroxylation sites is 1. The van der Waals surface area contributed by atoms with Gasteiger partial charge in [0.1, 0.15) is 5.75 Å². The molecule has 4 bridgehead atoms. The van der Waals surface area contributed by atoms with E-state index in [9.17, 15) is 9.59 Å². The van der Waals surface area contributed by atoms with E-state index >= 15 is 0 Å². The van der Waals surface area contributed by atoms with Crippen LogP contribution in [-0.4, -0.2) is 38.4 Å². The Morgan fingerprint density at radius 3 is 2.19 bits per heavy atom. The Kier molecular flexibility index (Phi) is 8.56. The summed E-state index contributed by atoms with van der Waals surface area (Å²) >= 11 is 6.03. The Balaban J connectivity index is 0.977. The van der Waals surface area contributed by atoms with E-state index in [-0.39, 0.29) is 19.1 Å². The van der Waals surface area contributed by atoms with E-state index in [1.807, 2.05) is 12.1 Å². The third-order valence-electron chi connectivity index (χ3n) is 8.96. The van der Waals surface area contributed by atoms with Crippen molar-refractivity contribution in [2.75, 3.05) is 25.6 Å². The number of amides is 2. The number of hydrogen-bond acceptors (Lipinski definition) is 6. The van der Waals surface area contributed by atoms with Gasteiger partial charge in [0, 0.05) is 5.69 Å². The lowest BCUT2D eigenvalue weighted by atomic mass is 9.48. The molecule has 0 saturated heterocycles. The summed E-state index contributed by atoms with van der Waals surface area (Å²) < 4.78 is 16.6. The predicted octanol–water partition coefficient (Wildman–Crippen LogP) is 6.36. The fourth-order valence-corrected chi connectivity index (χ4v) is 7.70. The van der Waals surface area contributed by atoms with Crippen LogP contribution in [0.3, 0.4) is 0 Å². The monoisotopic (exact) mass is 601 g/mol. The van der Waals surface area contributed by atoms with Crippen molar-refractivity contribution in [2.45, 2.75) is 43.9 Å². The molecule has 0 unspecified atom stereocenters. The molecule has 0 spiro atoms. The van der Waals surface area contributed by atoms with Crippen molar-refractivity contribution in [3.05, 3.63) is 82.9 Å². The second-order valence-electron chi connectivity index (χ2n) is 12.0. The maximum Gasteiger partial charge on any atom is 0.277 e. The average molecular weight is 602 g/mol. The summed E-state index contributed by atoms with van der Waals surface area (Å²) in [5, 5.41) is 7.33. The van der Waals surface area contributed by atoms with Gasteiger partial charge in [-0.05, 0) is 115 Å². The molecule has 4 aliphatic carbocycles. The highest BCUT2D eigenvalue weighted by atomic mass is 35.5. The van der Waals surface area contributed by atoms with Gasteiger partial charge in [-0.1, -0.05) is 35.9 Å². The molecule has 0 radical (unpaired) electrons. The number of rotatable bonds is 11. The smallest absolute Gasteiger partial charge is 0.277 e. The molecule has 7 rings (SSSR count). The molecule has 0 atom stereocenters. The van der Waals surface area contributed by atoms with Crippen LogP contribution in [0.25, 0.3) is 0 Å². The predicted molar refractivity (Wildman–Crippen MR) is 166 cm³/mol. The normalized spacial score (nSPS) is 23.6. The Bertz CT molecular complexity index is 1470. The minimum Gasteiger partial charge on any atom is -0.493 e. The number of carbonyl (C=O) groups is 2. The first-order chi connectivity index (χ1) is 20.9. The Morgan fingerprint density at radius 1 is 0.860 bits per heavy atom. The number of anilines is 1. The number of halogens is 1. The third kappa shape index (κ3) is 6.80. The zero-order valence-electron chi connectivity index (χ0n) is 24.2. The van der Waals surface area contributed by atoms with Gasteiger partial charge in [0.15, 0.2) is 24.7 Å². The summed E-state index contributed by atoms with van der Waals surface area (Å²) in [6.07, 6.45) is 9.70. The fourth-order valence-electron chi connectivity index (χ4n) is 7.51. The number of nitrogens with zero attached hydrogens (tertiary/aromatic N) is 1. The Labute approximate surface area is 256 Å². The third-order valence-corrected chi connectivity index (χ3v) is 9.28. The first kappa shape index (κ1) is 29.1. The molecule has 0 aromatic heterocycles. The molecule has 2 N–H and O–H groups in total. The summed E-state index contributed by atoms with van der Waals surface area (Å²) in [7, 11) is 1.52. The summed E-state index contributed by atoms with van der Waals surface area (Å²) in [5.74, 6) is 3.28. The maximum atomic E-state index is 12.7. The highest BCUT2D eigenvalue weighted by molar-refractivity contribution is 6.32. The first-order valence-electron chi connectivity index (χ1n) is 14.8. The van der Waals surface area contributed by atoms with E-state index < -0.39 is 5.91 Å². The van der Waals surface area contributed by atoms with E-state index in [1.54, 1.807) is 42.5 Å². The van der Waals surface area contributed by atoms with Gasteiger partial charge in [0.05, 0.1) is 18.3 Å². The fraction of sp³-hybridized carbons (Fsp3) is 0.382. The molecule has 0 heterocycles. The van der Waals surface area contributed by atoms with Gasteiger partial charge in [-0.15, -0.1) is 0 Å². The van der Waals surface area contributed by atoms with Crippen LogP contribution in [0, 0.1) is 17.8 Å². The lowest BCUT2D eigenvalue weighted by Crippen LogP contribution is -2.48. The van der Waals surface area contributed by atoms with E-state index in [4.69, 9.17) is 25.8 Å². The van der Waals surface area contributed by atoms with E-state index in [2.05, 4.69) is 28.0 Å². The Hall–Kier alpha value is -4.04. The summed E-state index contributed by atoms with van der Waals surface area (Å²) in [6.45, 7) is -0.395. The molecule has 8 nitrogen and oxygen atoms in total. The molecule has 4 aliphatic rings. The van der Waals surface area contributed by atoms with Crippen LogP contribution in [0.5, 0.6) is 17.2 Å². The zero-order chi connectivity index (χ0) is 29.8. The van der Waals surface area contributed by atoms with Crippen molar-refractivity contribution in [2.24, 2.45) is 22.9 Å². The number of nitrogens with one attached hydrogen (secondary N) is 2. The summed E-state index contributed by atoms with van der Waals surface area (Å²) in [5.41, 5.74) is 5.61. The van der Waals surface area contributed by atoms with Gasteiger partial charge in [0.2, 0.25) is 0 Å². The number of benzene rings is 3. The number of hydrogen-bond donors (Lipinski definition) is 2. The molecule has 4 fully saturated rings. The van der Waals surface area contributed by atoms with Crippen LogP contribution in [0.4, 0.5) is 5.69 Å². The van der Waals surface area contributed by atoms with Crippen LogP contribution in [-0.2, 0) is 15.0 Å². The van der Waals surface area contributed by atoms with Gasteiger partial charge < -0.3 is 19.5 Å². The lowest BCUT2D eigenvalue weighted by Gasteiger charge is -2.57. The molecule has 3 aromatic carbocycles. The van der Waals surface area contributed by atoms with Gasteiger partial charge in [0.25, 0.3) is 11.8 Å². The van der Waals surface area contributed by atoms with Crippen LogP contribution < -0.4 is 25.0 Å². The van der Waals surface area contributed by atoms with Crippen LogP contribution in [0.15, 0.2) is 71.8 Å². The quantitative estimate of drug-likeness (QED) is 0.197. The van der Waals surface area contributed by atoms with Crippen molar-refractivity contribution in [1.82, 2.24) is 5.43 Å². The molecule has 4 saturated carbocycles. The van der Waals surface area contributed by atoms with Gasteiger partial charge in [-0.25, -0.2) is 5.43 Å². The second-order valence-corrected chi connectivity index (χ2v) is 12.4. The second kappa shape index (κ2) is 12.7. The molecule has 224 valence electrons. The van der Waals surface area contributed by atoms with Crippen molar-refractivity contribution in [3.63, 3.8) is 0 Å². The van der Waals surface area contributed by atoms with Crippen molar-refractivity contribution < 1.29 is 23.8 Å². The van der Waals surface area contributed by atoms with E-state index in [1.165, 1.54) is 57.4 Å². The molecule has 43 heavy (non-hydrogen) atoms. The molecule has 3 aromatic rings. The van der Waals surface area contributed by atoms with Gasteiger partial charge in [-0.2, -0.15) is 5.10 Å². The van der Waals surface area contributed by atoms with Crippen LogP contribution in [0.1, 0.15) is 49.7 Å². The van der Waals surface area contributed by atoms with Crippen molar-refractivity contribution >= 4 is 35.3 Å². The largest absolute Gasteiger partial charge is 0.493 e. The van der Waals surface area contributed by atoms with Crippen LogP contribution >= 0.6 is 11.6 Å². The number of methoxy groups -OCH3 is 1. The van der Waals surface area contributed by atoms with E-state index in [0.29, 0.717) is 33.2 Å². The zero-order valence-corrected chi connectivity index (χ0v) is 24.9. The minimum absolute atomic E-state index is 0.165. The highest BCUT2D eigenvalue weighted by Gasteiger charge is 2.51. The molecule has 9 heteroatoms. The van der Waals surface area contributed by atoms with Gasteiger partial charge in [-0.3, -0.25) is 9.59 Å². The van der Waals surface area contributed by atoms with Crippen molar-refractivity contribution in [1.29, 1.82) is 0 Å². The Morgan fingerprint density at radius 2 is 1.51 bits per heavy atom. The van der Waals surface area contributed by atoms with E-state index in [0.717, 1.165) is 23.4 Å². The molecular weight excluding hydrogens is 566 g/mol. The number of hydrazone groups is 1. The first-order valence-corrected chi connectivity index (χ1v) is 15.2. The van der Waals surface area contributed by atoms with Crippen molar-refractivity contribution in [3.8, 4) is 17.2 Å². The topological polar surface area (TPSA) is 98.2 Å². The van der Waals surface area contributed by atoms with Crippen LogP contribution in [0.2, 0.25) is 5.02 Å².